The summed E-state index contributed by atoms with van der Waals surface area (Å²) in [5, 5.41) is 3.06. The fourth-order valence-electron chi connectivity index (χ4n) is 4.88. The first-order chi connectivity index (χ1) is 11.7. The lowest BCUT2D eigenvalue weighted by molar-refractivity contribution is 0.157. The number of aryl methyl sites for hydroxylation is 1. The zero-order valence-electron chi connectivity index (χ0n) is 14.6. The normalized spacial score (nSPS) is 29.2. The number of nitrogens with zero attached hydrogens (tertiary/aromatic N) is 2. The van der Waals surface area contributed by atoms with Gasteiger partial charge in [-0.1, -0.05) is 6.42 Å². The van der Waals surface area contributed by atoms with Gasteiger partial charge in [-0.3, -0.25) is 4.90 Å². The molecule has 1 aromatic rings. The second-order valence-electron chi connectivity index (χ2n) is 7.50. The highest BCUT2D eigenvalue weighted by Gasteiger charge is 2.48. The minimum atomic E-state index is 0.0383. The van der Waals surface area contributed by atoms with Crippen LogP contribution in [-0.4, -0.2) is 55.2 Å². The maximum Gasteiger partial charge on any atom is 0.321 e. The molecule has 24 heavy (non-hydrogen) atoms. The molecule has 0 aliphatic carbocycles. The molecule has 0 saturated carbocycles. The van der Waals surface area contributed by atoms with Gasteiger partial charge in [-0.25, -0.2) is 4.79 Å². The average Bonchev–Trinajstić information content (AvgIpc) is 3.13. The zero-order chi connectivity index (χ0) is 16.7. The van der Waals surface area contributed by atoms with Crippen LogP contribution in [0.15, 0.2) is 18.2 Å². The van der Waals surface area contributed by atoms with Gasteiger partial charge in [-0.2, -0.15) is 0 Å². The molecular weight excluding hydrogens is 302 g/mol. The van der Waals surface area contributed by atoms with E-state index in [4.69, 9.17) is 4.74 Å². The molecule has 5 heteroatoms. The van der Waals surface area contributed by atoms with E-state index >= 15 is 0 Å². The molecule has 0 spiro atoms. The molecule has 2 amide bonds. The number of nitrogens with one attached hydrogen (secondary N) is 1. The number of fused-ring (bicyclic) bond motifs is 3. The minimum Gasteiger partial charge on any atom is -0.496 e. The summed E-state index contributed by atoms with van der Waals surface area (Å²) in [6, 6.07) is 6.53. The lowest BCUT2D eigenvalue weighted by Gasteiger charge is -2.33. The topological polar surface area (TPSA) is 44.8 Å². The maximum atomic E-state index is 12.6. The van der Waals surface area contributed by atoms with Gasteiger partial charge >= 0.3 is 6.03 Å². The lowest BCUT2D eigenvalue weighted by Crippen LogP contribution is -2.41. The fourth-order valence-corrected chi connectivity index (χ4v) is 4.88. The minimum absolute atomic E-state index is 0.0383. The van der Waals surface area contributed by atoms with Gasteiger partial charge in [0.05, 0.1) is 7.11 Å². The van der Waals surface area contributed by atoms with Crippen LogP contribution in [0.3, 0.4) is 0 Å². The van der Waals surface area contributed by atoms with E-state index in [9.17, 15) is 4.79 Å². The molecule has 3 fully saturated rings. The summed E-state index contributed by atoms with van der Waals surface area (Å²) in [7, 11) is 1.66. The monoisotopic (exact) mass is 329 g/mol. The predicted molar refractivity (Wildman–Crippen MR) is 94.5 cm³/mol. The van der Waals surface area contributed by atoms with Gasteiger partial charge in [0.2, 0.25) is 0 Å². The second kappa shape index (κ2) is 6.28. The number of hydrogen-bond donors (Lipinski definition) is 1. The molecule has 3 atom stereocenters. The largest absolute Gasteiger partial charge is 0.496 e. The first kappa shape index (κ1) is 15.8. The summed E-state index contributed by atoms with van der Waals surface area (Å²) in [5.41, 5.74) is 1.88. The van der Waals surface area contributed by atoms with E-state index in [1.807, 2.05) is 30.0 Å². The summed E-state index contributed by atoms with van der Waals surface area (Å²) in [4.78, 5) is 17.3. The van der Waals surface area contributed by atoms with E-state index in [1.54, 1.807) is 7.11 Å². The average molecular weight is 329 g/mol. The van der Waals surface area contributed by atoms with Gasteiger partial charge in [0.25, 0.3) is 0 Å². The van der Waals surface area contributed by atoms with Crippen LogP contribution in [0.5, 0.6) is 5.75 Å². The Bertz CT molecular complexity index is 633. The smallest absolute Gasteiger partial charge is 0.321 e. The van der Waals surface area contributed by atoms with Crippen molar-refractivity contribution in [1.82, 2.24) is 9.80 Å². The number of likely N-dealkylation sites (tertiary alicyclic amines) is 1. The molecule has 5 nitrogen and oxygen atoms in total. The van der Waals surface area contributed by atoms with Crippen LogP contribution in [0.1, 0.15) is 24.8 Å². The van der Waals surface area contributed by atoms with Crippen LogP contribution in [0.25, 0.3) is 0 Å². The van der Waals surface area contributed by atoms with Gasteiger partial charge < -0.3 is 15.0 Å². The summed E-state index contributed by atoms with van der Waals surface area (Å²) in [6.45, 7) is 6.24. The Kier molecular flexibility index (Phi) is 4.12. The quantitative estimate of drug-likeness (QED) is 0.907. The number of methoxy groups -OCH3 is 1. The molecule has 3 heterocycles. The van der Waals surface area contributed by atoms with Crippen molar-refractivity contribution >= 4 is 11.7 Å². The number of carbonyl (C=O) groups excluding carboxylic acids is 1. The van der Waals surface area contributed by atoms with Crippen molar-refractivity contribution in [3.05, 3.63) is 23.8 Å². The van der Waals surface area contributed by atoms with Crippen molar-refractivity contribution < 1.29 is 9.53 Å². The third-order valence-electron chi connectivity index (χ3n) is 6.05. The third-order valence-corrected chi connectivity index (χ3v) is 6.05. The summed E-state index contributed by atoms with van der Waals surface area (Å²) < 4.78 is 5.28. The number of urea groups is 1. The molecular formula is C19H27N3O2. The van der Waals surface area contributed by atoms with E-state index in [-0.39, 0.29) is 6.03 Å². The van der Waals surface area contributed by atoms with Gasteiger partial charge in [-0.15, -0.1) is 0 Å². The predicted octanol–water partition coefficient (Wildman–Crippen LogP) is 2.95. The molecule has 1 aromatic carbocycles. The first-order valence-corrected chi connectivity index (χ1v) is 9.10. The fraction of sp³-hybridized carbons (Fsp3) is 0.632. The summed E-state index contributed by atoms with van der Waals surface area (Å²) in [5.74, 6) is 2.19. The second-order valence-corrected chi connectivity index (χ2v) is 7.50. The molecule has 0 aromatic heterocycles. The Morgan fingerprint density at radius 1 is 1.25 bits per heavy atom. The van der Waals surface area contributed by atoms with Crippen molar-refractivity contribution in [3.63, 3.8) is 0 Å². The Hall–Kier alpha value is -1.75. The molecule has 0 unspecified atom stereocenters. The molecule has 3 aliphatic rings. The third kappa shape index (κ3) is 2.75. The first-order valence-electron chi connectivity index (χ1n) is 9.10. The van der Waals surface area contributed by atoms with E-state index in [2.05, 4.69) is 10.2 Å². The van der Waals surface area contributed by atoms with Gasteiger partial charge in [-0.05, 0) is 61.9 Å². The lowest BCUT2D eigenvalue weighted by atomic mass is 9.90. The molecule has 4 rings (SSSR count). The highest BCUT2D eigenvalue weighted by Crippen LogP contribution is 2.40. The van der Waals surface area contributed by atoms with Crippen LogP contribution in [0.2, 0.25) is 0 Å². The summed E-state index contributed by atoms with van der Waals surface area (Å²) in [6.07, 6.45) is 4.01. The maximum absolute atomic E-state index is 12.6. The number of anilines is 1. The van der Waals surface area contributed by atoms with Gasteiger partial charge in [0, 0.05) is 31.4 Å². The van der Waals surface area contributed by atoms with E-state index in [0.29, 0.717) is 17.9 Å². The molecule has 1 N–H and O–H groups in total. The Labute approximate surface area is 144 Å². The van der Waals surface area contributed by atoms with Crippen molar-refractivity contribution in [3.8, 4) is 5.75 Å². The number of benzene rings is 1. The van der Waals surface area contributed by atoms with E-state index in [1.165, 1.54) is 32.4 Å². The van der Waals surface area contributed by atoms with E-state index in [0.717, 1.165) is 30.1 Å². The van der Waals surface area contributed by atoms with Crippen LogP contribution in [-0.2, 0) is 0 Å². The zero-order valence-corrected chi connectivity index (χ0v) is 14.6. The van der Waals surface area contributed by atoms with E-state index < -0.39 is 0 Å². The van der Waals surface area contributed by atoms with Gasteiger partial charge in [0.15, 0.2) is 0 Å². The molecule has 3 aliphatic heterocycles. The number of amides is 2. The van der Waals surface area contributed by atoms with Crippen molar-refractivity contribution in [2.24, 2.45) is 11.8 Å². The standard InChI is InChI=1S/C19H27N3O2/c1-13-9-15(6-7-18(13)24-2)20-19(23)22-11-14-10-21-8-4-3-5-17(21)16(14)12-22/h6-7,9,14,16-17H,3-5,8,10-12H2,1-2H3,(H,20,23)/t14-,16-,17-/m0/s1. The molecule has 0 radical (unpaired) electrons. The van der Waals surface area contributed by atoms with Crippen LogP contribution >= 0.6 is 0 Å². The van der Waals surface area contributed by atoms with Crippen molar-refractivity contribution in [2.75, 3.05) is 38.6 Å². The Morgan fingerprint density at radius 2 is 2.12 bits per heavy atom. The van der Waals surface area contributed by atoms with Crippen molar-refractivity contribution in [2.45, 2.75) is 32.2 Å². The van der Waals surface area contributed by atoms with Gasteiger partial charge in [0.1, 0.15) is 5.75 Å². The Balaban J connectivity index is 1.39. The molecule has 130 valence electrons. The number of hydrogen-bond acceptors (Lipinski definition) is 3. The van der Waals surface area contributed by atoms with Crippen LogP contribution in [0.4, 0.5) is 10.5 Å². The number of ether oxygens (including phenoxy) is 1. The SMILES string of the molecule is COc1ccc(NC(=O)N2C[C@@H]3CN4CCCC[C@H]4[C@H]3C2)cc1C. The number of piperidine rings is 1. The highest BCUT2D eigenvalue weighted by molar-refractivity contribution is 5.89. The number of carbonyl (C=O) groups is 1. The molecule has 0 bridgehead atoms. The molecule has 3 saturated heterocycles. The van der Waals surface area contributed by atoms with Crippen LogP contribution < -0.4 is 10.1 Å². The summed E-state index contributed by atoms with van der Waals surface area (Å²) >= 11 is 0. The van der Waals surface area contributed by atoms with Crippen molar-refractivity contribution in [1.29, 1.82) is 0 Å². The number of rotatable bonds is 2. The van der Waals surface area contributed by atoms with Crippen LogP contribution in [0, 0.1) is 18.8 Å². The highest BCUT2D eigenvalue weighted by atomic mass is 16.5. The Morgan fingerprint density at radius 3 is 2.92 bits per heavy atom.